The maximum atomic E-state index is 4.32. The van der Waals surface area contributed by atoms with E-state index in [1.165, 1.54) is 55.1 Å². The molecule has 1 aromatic rings. The summed E-state index contributed by atoms with van der Waals surface area (Å²) in [7, 11) is 1.84. The van der Waals surface area contributed by atoms with Crippen LogP contribution < -0.4 is 10.6 Å². The van der Waals surface area contributed by atoms with Gasteiger partial charge < -0.3 is 15.5 Å². The number of piperidine rings is 1. The number of rotatable bonds is 8. The summed E-state index contributed by atoms with van der Waals surface area (Å²) in [6, 6.07) is 4.43. The minimum atomic E-state index is 0.857. The van der Waals surface area contributed by atoms with Crippen LogP contribution in [0, 0.1) is 5.92 Å². The van der Waals surface area contributed by atoms with Gasteiger partial charge in [0.1, 0.15) is 0 Å². The van der Waals surface area contributed by atoms with Crippen molar-refractivity contribution in [3.63, 3.8) is 0 Å². The smallest absolute Gasteiger partial charge is 0.191 e. The van der Waals surface area contributed by atoms with Crippen LogP contribution in [0.2, 0.25) is 0 Å². The average Bonchev–Trinajstić information content (AvgIpc) is 3.05. The van der Waals surface area contributed by atoms with Crippen LogP contribution in [0.15, 0.2) is 17.1 Å². The number of aryl methyl sites for hydroxylation is 1. The Morgan fingerprint density at radius 1 is 1.29 bits per heavy atom. The third kappa shape index (κ3) is 6.81. The van der Waals surface area contributed by atoms with Crippen molar-refractivity contribution in [1.29, 1.82) is 0 Å². The zero-order valence-electron chi connectivity index (χ0n) is 15.6. The topological polar surface area (TPSA) is 39.7 Å². The van der Waals surface area contributed by atoms with Crippen molar-refractivity contribution < 1.29 is 0 Å². The molecule has 1 atom stereocenters. The van der Waals surface area contributed by atoms with Crippen molar-refractivity contribution in [1.82, 2.24) is 15.5 Å². The van der Waals surface area contributed by atoms with Crippen molar-refractivity contribution in [3.8, 4) is 0 Å². The highest BCUT2D eigenvalue weighted by Crippen LogP contribution is 2.16. The molecule has 0 radical (unpaired) electrons. The standard InChI is InChI=1S/C19H34N4S/c1-4-17-9-10-18(24-17)14-22-19(20-3)21-11-5-6-12-23-13-7-8-16(2)15-23/h9-10,16H,4-8,11-15H2,1-3H3,(H2,20,21,22). The first-order valence-corrected chi connectivity index (χ1v) is 10.3. The van der Waals surface area contributed by atoms with Crippen LogP contribution in [0.25, 0.3) is 0 Å². The summed E-state index contributed by atoms with van der Waals surface area (Å²) in [5.41, 5.74) is 0. The molecule has 1 unspecified atom stereocenters. The lowest BCUT2D eigenvalue weighted by Gasteiger charge is -2.30. The summed E-state index contributed by atoms with van der Waals surface area (Å²) < 4.78 is 0. The second kappa shape index (κ2) is 10.7. The SMILES string of the molecule is CCc1ccc(CNC(=NC)NCCCCN2CCCC(C)C2)s1. The van der Waals surface area contributed by atoms with Gasteiger partial charge >= 0.3 is 0 Å². The number of thiophene rings is 1. The molecular weight excluding hydrogens is 316 g/mol. The predicted octanol–water partition coefficient (Wildman–Crippen LogP) is 3.49. The van der Waals surface area contributed by atoms with Gasteiger partial charge in [-0.25, -0.2) is 0 Å². The molecule has 1 saturated heterocycles. The normalized spacial score (nSPS) is 19.5. The van der Waals surface area contributed by atoms with E-state index in [0.717, 1.165) is 31.4 Å². The number of hydrogen-bond donors (Lipinski definition) is 2. The van der Waals surface area contributed by atoms with Gasteiger partial charge in [0.15, 0.2) is 5.96 Å². The molecule has 1 aliphatic heterocycles. The van der Waals surface area contributed by atoms with E-state index in [0.29, 0.717) is 0 Å². The molecule has 2 heterocycles. The monoisotopic (exact) mass is 350 g/mol. The van der Waals surface area contributed by atoms with Crippen molar-refractivity contribution >= 4 is 17.3 Å². The van der Waals surface area contributed by atoms with Crippen molar-refractivity contribution in [2.24, 2.45) is 10.9 Å². The summed E-state index contributed by atoms with van der Waals surface area (Å²) in [6.45, 7) is 10.3. The third-order valence-corrected chi connectivity index (χ3v) is 5.88. The van der Waals surface area contributed by atoms with Gasteiger partial charge in [-0.1, -0.05) is 13.8 Å². The minimum Gasteiger partial charge on any atom is -0.356 e. The molecule has 136 valence electrons. The number of likely N-dealkylation sites (tertiary alicyclic amines) is 1. The lowest BCUT2D eigenvalue weighted by molar-refractivity contribution is 0.181. The fourth-order valence-corrected chi connectivity index (χ4v) is 4.15. The van der Waals surface area contributed by atoms with Gasteiger partial charge in [0, 0.05) is 29.9 Å². The third-order valence-electron chi connectivity index (χ3n) is 4.65. The van der Waals surface area contributed by atoms with E-state index < -0.39 is 0 Å². The maximum absolute atomic E-state index is 4.32. The first kappa shape index (κ1) is 19.3. The summed E-state index contributed by atoms with van der Waals surface area (Å²) in [5.74, 6) is 1.79. The van der Waals surface area contributed by atoms with Crippen LogP contribution in [-0.4, -0.2) is 44.1 Å². The molecule has 0 aromatic carbocycles. The van der Waals surface area contributed by atoms with Crippen LogP contribution in [0.3, 0.4) is 0 Å². The Hall–Kier alpha value is -1.07. The molecule has 5 heteroatoms. The largest absolute Gasteiger partial charge is 0.356 e. The van der Waals surface area contributed by atoms with E-state index in [1.807, 2.05) is 18.4 Å². The van der Waals surface area contributed by atoms with E-state index in [4.69, 9.17) is 0 Å². The van der Waals surface area contributed by atoms with Gasteiger partial charge in [0.05, 0.1) is 6.54 Å². The van der Waals surface area contributed by atoms with Crippen molar-refractivity contribution in [2.45, 2.75) is 52.5 Å². The van der Waals surface area contributed by atoms with Crippen LogP contribution >= 0.6 is 11.3 Å². The van der Waals surface area contributed by atoms with Crippen LogP contribution in [0.4, 0.5) is 0 Å². The van der Waals surface area contributed by atoms with Crippen LogP contribution in [0.1, 0.15) is 49.3 Å². The number of nitrogens with one attached hydrogen (secondary N) is 2. The van der Waals surface area contributed by atoms with Crippen LogP contribution in [-0.2, 0) is 13.0 Å². The Kier molecular flexibility index (Phi) is 8.60. The average molecular weight is 351 g/mol. The van der Waals surface area contributed by atoms with Crippen molar-refractivity contribution in [3.05, 3.63) is 21.9 Å². The molecule has 0 saturated carbocycles. The van der Waals surface area contributed by atoms with Gasteiger partial charge in [0.25, 0.3) is 0 Å². The molecule has 1 aromatic heterocycles. The first-order valence-electron chi connectivity index (χ1n) is 9.45. The molecule has 2 rings (SSSR count). The second-order valence-corrected chi connectivity index (χ2v) is 8.08. The Bertz CT molecular complexity index is 497. The number of nitrogens with zero attached hydrogens (tertiary/aromatic N) is 2. The Morgan fingerprint density at radius 2 is 2.12 bits per heavy atom. The molecule has 0 bridgehead atoms. The van der Waals surface area contributed by atoms with Gasteiger partial charge in [-0.2, -0.15) is 0 Å². The fourth-order valence-electron chi connectivity index (χ4n) is 3.26. The maximum Gasteiger partial charge on any atom is 0.191 e. The van der Waals surface area contributed by atoms with E-state index in [9.17, 15) is 0 Å². The van der Waals surface area contributed by atoms with E-state index >= 15 is 0 Å². The van der Waals surface area contributed by atoms with Crippen LogP contribution in [0.5, 0.6) is 0 Å². The zero-order chi connectivity index (χ0) is 17.2. The van der Waals surface area contributed by atoms with E-state index in [2.05, 4.69) is 46.5 Å². The number of hydrogen-bond acceptors (Lipinski definition) is 3. The molecule has 1 fully saturated rings. The minimum absolute atomic E-state index is 0.857. The molecule has 0 amide bonds. The molecule has 24 heavy (non-hydrogen) atoms. The molecule has 1 aliphatic rings. The fraction of sp³-hybridized carbons (Fsp3) is 0.737. The summed E-state index contributed by atoms with van der Waals surface area (Å²) in [4.78, 5) is 9.76. The van der Waals surface area contributed by atoms with E-state index in [1.54, 1.807) is 0 Å². The zero-order valence-corrected chi connectivity index (χ0v) is 16.4. The Labute approximate surface area is 151 Å². The molecule has 4 nitrogen and oxygen atoms in total. The lowest BCUT2D eigenvalue weighted by atomic mass is 10.0. The first-order chi connectivity index (χ1) is 11.7. The Balaban J connectivity index is 1.56. The molecular formula is C19H34N4S. The van der Waals surface area contributed by atoms with Gasteiger partial charge in [-0.15, -0.1) is 11.3 Å². The summed E-state index contributed by atoms with van der Waals surface area (Å²) >= 11 is 1.88. The predicted molar refractivity (Wildman–Crippen MR) is 106 cm³/mol. The second-order valence-electron chi connectivity index (χ2n) is 6.83. The highest BCUT2D eigenvalue weighted by atomic mass is 32.1. The Morgan fingerprint density at radius 3 is 2.83 bits per heavy atom. The van der Waals surface area contributed by atoms with Gasteiger partial charge in [-0.3, -0.25) is 4.99 Å². The summed E-state index contributed by atoms with van der Waals surface area (Å²) in [6.07, 6.45) is 6.36. The quantitative estimate of drug-likeness (QED) is 0.428. The molecule has 2 N–H and O–H groups in total. The van der Waals surface area contributed by atoms with Gasteiger partial charge in [0.2, 0.25) is 0 Å². The number of guanidine groups is 1. The van der Waals surface area contributed by atoms with Crippen molar-refractivity contribution in [2.75, 3.05) is 33.2 Å². The molecule has 0 spiro atoms. The molecule has 0 aliphatic carbocycles. The number of aliphatic imine (C=N–C) groups is 1. The number of unbranched alkanes of at least 4 members (excludes halogenated alkanes) is 1. The highest BCUT2D eigenvalue weighted by molar-refractivity contribution is 7.11. The van der Waals surface area contributed by atoms with E-state index in [-0.39, 0.29) is 0 Å². The highest BCUT2D eigenvalue weighted by Gasteiger charge is 2.15. The lowest BCUT2D eigenvalue weighted by Crippen LogP contribution is -2.38. The van der Waals surface area contributed by atoms with Gasteiger partial charge in [-0.05, 0) is 63.2 Å². The summed E-state index contributed by atoms with van der Waals surface area (Å²) in [5, 5.41) is 6.84.